The topological polar surface area (TPSA) is 56.2 Å². The minimum Gasteiger partial charge on any atom is -0.310 e. The zero-order valence-electron chi connectivity index (χ0n) is 9.53. The third-order valence-electron chi connectivity index (χ3n) is 2.75. The number of amidine groups is 1. The van der Waals surface area contributed by atoms with Crippen LogP contribution in [0.15, 0.2) is 24.3 Å². The largest absolute Gasteiger partial charge is 0.323 e. The highest BCUT2D eigenvalue weighted by Gasteiger charge is 2.36. The average Bonchev–Trinajstić information content (AvgIpc) is 2.56. The molecule has 0 aliphatic carbocycles. The minimum absolute atomic E-state index is 0.191. The highest BCUT2D eigenvalue weighted by molar-refractivity contribution is 6.31. The van der Waals surface area contributed by atoms with Gasteiger partial charge in [-0.2, -0.15) is 0 Å². The number of nitrogens with one attached hydrogen (secondary N) is 2. The van der Waals surface area contributed by atoms with E-state index in [1.54, 1.807) is 11.0 Å². The predicted octanol–water partition coefficient (Wildman–Crippen LogP) is 2.79. The molecule has 5 heteroatoms. The highest BCUT2D eigenvalue weighted by Crippen LogP contribution is 2.30. The fourth-order valence-electron chi connectivity index (χ4n) is 2.02. The highest BCUT2D eigenvalue weighted by atomic mass is 35.5. The maximum Gasteiger partial charge on any atom is 0.323 e. The van der Waals surface area contributed by atoms with E-state index in [1.165, 1.54) is 0 Å². The van der Waals surface area contributed by atoms with Crippen LogP contribution < -0.4 is 5.32 Å². The van der Waals surface area contributed by atoms with Gasteiger partial charge in [0.05, 0.1) is 0 Å². The Kier molecular flexibility index (Phi) is 3.33. The van der Waals surface area contributed by atoms with E-state index in [4.69, 9.17) is 17.0 Å². The van der Waals surface area contributed by atoms with Crippen molar-refractivity contribution in [3.63, 3.8) is 0 Å². The molecule has 0 saturated carbocycles. The SMILES string of the molecule is CCCN1C(=O)NC(=N)C1c1ccccc1Cl. The summed E-state index contributed by atoms with van der Waals surface area (Å²) >= 11 is 6.12. The Morgan fingerprint density at radius 1 is 1.47 bits per heavy atom. The fraction of sp³-hybridized carbons (Fsp3) is 0.333. The van der Waals surface area contributed by atoms with Gasteiger partial charge < -0.3 is 4.90 Å². The second-order valence-electron chi connectivity index (χ2n) is 3.96. The van der Waals surface area contributed by atoms with Crippen molar-refractivity contribution in [1.82, 2.24) is 10.2 Å². The van der Waals surface area contributed by atoms with Crippen LogP contribution in [0.3, 0.4) is 0 Å². The Balaban J connectivity index is 2.38. The zero-order valence-corrected chi connectivity index (χ0v) is 10.3. The molecule has 0 bridgehead atoms. The molecule has 1 aromatic rings. The normalized spacial score (nSPS) is 19.6. The summed E-state index contributed by atoms with van der Waals surface area (Å²) in [6.45, 7) is 2.61. The summed E-state index contributed by atoms with van der Waals surface area (Å²) in [7, 11) is 0. The lowest BCUT2D eigenvalue weighted by molar-refractivity contribution is 0.206. The molecule has 1 aromatic carbocycles. The van der Waals surface area contributed by atoms with E-state index in [0.717, 1.165) is 12.0 Å². The van der Waals surface area contributed by atoms with Gasteiger partial charge in [-0.25, -0.2) is 4.79 Å². The first-order valence-electron chi connectivity index (χ1n) is 5.55. The van der Waals surface area contributed by atoms with E-state index in [1.807, 2.05) is 25.1 Å². The zero-order chi connectivity index (χ0) is 12.4. The first-order valence-corrected chi connectivity index (χ1v) is 5.93. The maximum absolute atomic E-state index is 11.7. The van der Waals surface area contributed by atoms with Gasteiger partial charge in [0.2, 0.25) is 0 Å². The van der Waals surface area contributed by atoms with Crippen LogP contribution in [0.1, 0.15) is 24.9 Å². The van der Waals surface area contributed by atoms with E-state index < -0.39 is 0 Å². The lowest BCUT2D eigenvalue weighted by Crippen LogP contribution is -2.30. The number of carbonyl (C=O) groups excluding carboxylic acids is 1. The lowest BCUT2D eigenvalue weighted by atomic mass is 10.1. The Morgan fingerprint density at radius 3 is 2.82 bits per heavy atom. The second kappa shape index (κ2) is 4.75. The summed E-state index contributed by atoms with van der Waals surface area (Å²) in [6.07, 6.45) is 0.849. The quantitative estimate of drug-likeness (QED) is 0.853. The van der Waals surface area contributed by atoms with Crippen molar-refractivity contribution in [2.24, 2.45) is 0 Å². The van der Waals surface area contributed by atoms with Crippen LogP contribution in [-0.4, -0.2) is 23.3 Å². The first kappa shape index (κ1) is 11.9. The van der Waals surface area contributed by atoms with Crippen molar-refractivity contribution in [3.8, 4) is 0 Å². The Bertz CT molecular complexity index is 461. The predicted molar refractivity (Wildman–Crippen MR) is 67.4 cm³/mol. The van der Waals surface area contributed by atoms with Crippen molar-refractivity contribution in [1.29, 1.82) is 5.41 Å². The van der Waals surface area contributed by atoms with E-state index in [-0.39, 0.29) is 17.9 Å². The molecule has 1 atom stereocenters. The average molecular weight is 252 g/mol. The van der Waals surface area contributed by atoms with Crippen molar-refractivity contribution in [2.45, 2.75) is 19.4 Å². The van der Waals surface area contributed by atoms with Gasteiger partial charge >= 0.3 is 6.03 Å². The van der Waals surface area contributed by atoms with E-state index >= 15 is 0 Å². The van der Waals surface area contributed by atoms with Gasteiger partial charge in [0.1, 0.15) is 11.9 Å². The van der Waals surface area contributed by atoms with Crippen LogP contribution in [0.25, 0.3) is 0 Å². The van der Waals surface area contributed by atoms with Crippen molar-refractivity contribution in [2.75, 3.05) is 6.54 Å². The minimum atomic E-state index is -0.379. The number of rotatable bonds is 3. The molecule has 17 heavy (non-hydrogen) atoms. The van der Waals surface area contributed by atoms with Crippen LogP contribution in [-0.2, 0) is 0 Å². The van der Waals surface area contributed by atoms with Gasteiger partial charge in [-0.1, -0.05) is 36.7 Å². The van der Waals surface area contributed by atoms with Crippen LogP contribution in [0, 0.1) is 5.41 Å². The van der Waals surface area contributed by atoms with Crippen LogP contribution >= 0.6 is 11.6 Å². The van der Waals surface area contributed by atoms with Gasteiger partial charge in [0.15, 0.2) is 0 Å². The summed E-state index contributed by atoms with van der Waals surface area (Å²) in [6, 6.07) is 6.73. The molecule has 0 radical (unpaired) electrons. The molecule has 1 aliphatic rings. The molecule has 4 nitrogen and oxygen atoms in total. The summed E-state index contributed by atoms with van der Waals surface area (Å²) < 4.78 is 0. The molecule has 90 valence electrons. The van der Waals surface area contributed by atoms with Gasteiger partial charge in [-0.05, 0) is 12.5 Å². The van der Waals surface area contributed by atoms with Crippen LogP contribution in [0.5, 0.6) is 0 Å². The lowest BCUT2D eigenvalue weighted by Gasteiger charge is -2.23. The molecule has 2 amide bonds. The van der Waals surface area contributed by atoms with Crippen LogP contribution in [0.2, 0.25) is 5.02 Å². The molecule has 1 fully saturated rings. The van der Waals surface area contributed by atoms with Crippen molar-refractivity contribution >= 4 is 23.5 Å². The number of halogens is 1. The Hall–Kier alpha value is -1.55. The molecule has 2 rings (SSSR count). The molecule has 0 spiro atoms. The van der Waals surface area contributed by atoms with Crippen LogP contribution in [0.4, 0.5) is 4.79 Å². The molecule has 1 heterocycles. The molecule has 2 N–H and O–H groups in total. The molecular formula is C12H14ClN3O. The number of nitrogens with zero attached hydrogens (tertiary/aromatic N) is 1. The van der Waals surface area contributed by atoms with Crippen molar-refractivity contribution in [3.05, 3.63) is 34.9 Å². The van der Waals surface area contributed by atoms with Gasteiger partial charge in [0, 0.05) is 17.1 Å². The van der Waals surface area contributed by atoms with E-state index in [9.17, 15) is 4.79 Å². The summed E-state index contributed by atoms with van der Waals surface area (Å²) in [4.78, 5) is 13.3. The van der Waals surface area contributed by atoms with Gasteiger partial charge in [-0.3, -0.25) is 10.7 Å². The van der Waals surface area contributed by atoms with Gasteiger partial charge in [-0.15, -0.1) is 0 Å². The monoisotopic (exact) mass is 251 g/mol. The molecule has 1 aliphatic heterocycles. The first-order chi connectivity index (χ1) is 8.15. The molecule has 1 saturated heterocycles. The standard InChI is InChI=1S/C12H14ClN3O/c1-2-7-16-10(11(14)15-12(16)17)8-5-3-4-6-9(8)13/h3-6,10H,2,7H2,1H3,(H2,14,15,17). The second-order valence-corrected chi connectivity index (χ2v) is 4.37. The number of hydrogen-bond donors (Lipinski definition) is 2. The summed E-state index contributed by atoms with van der Waals surface area (Å²) in [5.74, 6) is 0.191. The number of benzene rings is 1. The molecular weight excluding hydrogens is 238 g/mol. The van der Waals surface area contributed by atoms with Crippen molar-refractivity contribution < 1.29 is 4.79 Å². The number of carbonyl (C=O) groups is 1. The summed E-state index contributed by atoms with van der Waals surface area (Å²) in [5.41, 5.74) is 0.797. The third-order valence-corrected chi connectivity index (χ3v) is 3.10. The Morgan fingerprint density at radius 2 is 2.18 bits per heavy atom. The molecule has 0 aromatic heterocycles. The van der Waals surface area contributed by atoms with E-state index in [0.29, 0.717) is 11.6 Å². The van der Waals surface area contributed by atoms with E-state index in [2.05, 4.69) is 5.32 Å². The number of amides is 2. The maximum atomic E-state index is 11.7. The smallest absolute Gasteiger partial charge is 0.310 e. The third kappa shape index (κ3) is 2.13. The van der Waals surface area contributed by atoms with Gasteiger partial charge in [0.25, 0.3) is 0 Å². The Labute approximate surface area is 105 Å². The molecule has 1 unspecified atom stereocenters. The number of urea groups is 1. The number of hydrogen-bond acceptors (Lipinski definition) is 2. The fourth-order valence-corrected chi connectivity index (χ4v) is 2.26. The summed E-state index contributed by atoms with van der Waals surface area (Å²) in [5, 5.41) is 11.0.